The molecule has 0 aliphatic carbocycles. The van der Waals surface area contributed by atoms with Crippen molar-refractivity contribution in [3.63, 3.8) is 0 Å². The summed E-state index contributed by atoms with van der Waals surface area (Å²) in [4.78, 5) is 13.7. The zero-order valence-corrected chi connectivity index (χ0v) is 13.7. The third-order valence-electron chi connectivity index (χ3n) is 3.39. The molecule has 0 N–H and O–H groups in total. The molecule has 1 unspecified atom stereocenters. The summed E-state index contributed by atoms with van der Waals surface area (Å²) in [7, 11) is 0. The van der Waals surface area contributed by atoms with Crippen LogP contribution in [-0.4, -0.2) is 41.6 Å². The van der Waals surface area contributed by atoms with Crippen LogP contribution in [0.3, 0.4) is 0 Å². The van der Waals surface area contributed by atoms with Crippen molar-refractivity contribution >= 4 is 29.3 Å². The number of morpholine rings is 1. The highest BCUT2D eigenvalue weighted by molar-refractivity contribution is 6.24. The van der Waals surface area contributed by atoms with Crippen molar-refractivity contribution in [3.05, 3.63) is 35.6 Å². The Hall–Kier alpha value is -1.04. The van der Waals surface area contributed by atoms with Gasteiger partial charge in [-0.15, -0.1) is 11.6 Å². The summed E-state index contributed by atoms with van der Waals surface area (Å²) in [5.74, 6) is -0.0429. The van der Waals surface area contributed by atoms with Crippen molar-refractivity contribution in [2.45, 2.75) is 24.5 Å². The SMILES string of the molecule is CC(Cl)(CCCl)OC(=O)N1CCO[C@H](c2cccc(F)c2)C1. The molecule has 1 aliphatic heterocycles. The van der Waals surface area contributed by atoms with Crippen LogP contribution in [0.25, 0.3) is 0 Å². The topological polar surface area (TPSA) is 38.8 Å². The summed E-state index contributed by atoms with van der Waals surface area (Å²) in [5.41, 5.74) is 0.687. The molecule has 2 rings (SSSR count). The minimum absolute atomic E-state index is 0.288. The number of hydrogen-bond donors (Lipinski definition) is 0. The first-order chi connectivity index (χ1) is 10.4. The predicted molar refractivity (Wildman–Crippen MR) is 82.7 cm³/mol. The van der Waals surface area contributed by atoms with Crippen molar-refractivity contribution in [1.82, 2.24) is 4.90 Å². The lowest BCUT2D eigenvalue weighted by molar-refractivity contribution is -0.0376. The first-order valence-corrected chi connectivity index (χ1v) is 7.92. The van der Waals surface area contributed by atoms with Gasteiger partial charge in [-0.1, -0.05) is 23.7 Å². The number of carbonyl (C=O) groups excluding carboxylic acids is 1. The maximum absolute atomic E-state index is 13.3. The number of benzene rings is 1. The van der Waals surface area contributed by atoms with Crippen molar-refractivity contribution in [3.8, 4) is 0 Å². The molecule has 0 aromatic heterocycles. The Bertz CT molecular complexity index is 527. The highest BCUT2D eigenvalue weighted by Gasteiger charge is 2.31. The summed E-state index contributed by atoms with van der Waals surface area (Å²) in [5, 5.41) is -1.13. The van der Waals surface area contributed by atoms with E-state index in [4.69, 9.17) is 32.7 Å². The number of amides is 1. The molecule has 122 valence electrons. The van der Waals surface area contributed by atoms with Gasteiger partial charge in [-0.2, -0.15) is 0 Å². The minimum Gasteiger partial charge on any atom is -0.427 e. The predicted octanol–water partition coefficient (Wildman–Crippen LogP) is 3.92. The highest BCUT2D eigenvalue weighted by atomic mass is 35.5. The molecule has 1 aromatic rings. The Balaban J connectivity index is 2.00. The largest absolute Gasteiger partial charge is 0.427 e. The normalized spacial score (nSPS) is 21.3. The molecule has 0 spiro atoms. The lowest BCUT2D eigenvalue weighted by Gasteiger charge is -2.34. The molecule has 0 bridgehead atoms. The summed E-state index contributed by atoms with van der Waals surface area (Å²) in [6.07, 6.45) is -0.557. The van der Waals surface area contributed by atoms with Crippen LogP contribution >= 0.6 is 23.2 Å². The van der Waals surface area contributed by atoms with E-state index >= 15 is 0 Å². The maximum Gasteiger partial charge on any atom is 0.411 e. The van der Waals surface area contributed by atoms with Crippen LogP contribution < -0.4 is 0 Å². The van der Waals surface area contributed by atoms with Gasteiger partial charge in [-0.3, -0.25) is 0 Å². The number of ether oxygens (including phenoxy) is 2. The zero-order chi connectivity index (χ0) is 16.2. The Morgan fingerprint density at radius 3 is 3.05 bits per heavy atom. The first kappa shape index (κ1) is 17.3. The van der Waals surface area contributed by atoms with E-state index in [9.17, 15) is 9.18 Å². The van der Waals surface area contributed by atoms with E-state index < -0.39 is 11.2 Å². The fourth-order valence-electron chi connectivity index (χ4n) is 2.19. The molecular weight excluding hydrogens is 332 g/mol. The van der Waals surface area contributed by atoms with Crippen LogP contribution in [-0.2, 0) is 9.47 Å². The van der Waals surface area contributed by atoms with Crippen LogP contribution in [0.5, 0.6) is 0 Å². The van der Waals surface area contributed by atoms with Gasteiger partial charge in [-0.25, -0.2) is 9.18 Å². The van der Waals surface area contributed by atoms with E-state index in [1.54, 1.807) is 19.1 Å². The molecule has 1 fully saturated rings. The van der Waals surface area contributed by atoms with Crippen molar-refractivity contribution in [1.29, 1.82) is 0 Å². The minimum atomic E-state index is -1.13. The monoisotopic (exact) mass is 349 g/mol. The van der Waals surface area contributed by atoms with Gasteiger partial charge in [-0.05, 0) is 24.6 Å². The molecule has 1 aromatic carbocycles. The van der Waals surface area contributed by atoms with E-state index in [1.165, 1.54) is 17.0 Å². The smallest absolute Gasteiger partial charge is 0.411 e. The summed E-state index contributed by atoms with van der Waals surface area (Å²) < 4.78 is 24.2. The van der Waals surface area contributed by atoms with E-state index in [0.717, 1.165) is 0 Å². The summed E-state index contributed by atoms with van der Waals surface area (Å²) in [6.45, 7) is 2.64. The number of hydrogen-bond acceptors (Lipinski definition) is 3. The quantitative estimate of drug-likeness (QED) is 0.773. The molecular formula is C15H18Cl2FNO3. The van der Waals surface area contributed by atoms with Crippen LogP contribution in [0.2, 0.25) is 0 Å². The molecule has 1 amide bonds. The number of nitrogens with zero attached hydrogens (tertiary/aromatic N) is 1. The molecule has 0 radical (unpaired) electrons. The molecule has 4 nitrogen and oxygen atoms in total. The fourth-order valence-corrected chi connectivity index (χ4v) is 2.81. The first-order valence-electron chi connectivity index (χ1n) is 7.01. The van der Waals surface area contributed by atoms with Crippen LogP contribution in [0.4, 0.5) is 9.18 Å². The van der Waals surface area contributed by atoms with Gasteiger partial charge >= 0.3 is 6.09 Å². The van der Waals surface area contributed by atoms with Crippen LogP contribution in [0.1, 0.15) is 25.0 Å². The fraction of sp³-hybridized carbons (Fsp3) is 0.533. The second kappa shape index (κ2) is 7.49. The molecule has 7 heteroatoms. The molecule has 1 heterocycles. The zero-order valence-electron chi connectivity index (χ0n) is 12.2. The molecule has 1 aliphatic rings. The molecule has 0 saturated carbocycles. The second-order valence-electron chi connectivity index (χ2n) is 5.27. The molecule has 22 heavy (non-hydrogen) atoms. The van der Waals surface area contributed by atoms with Gasteiger partial charge in [0.2, 0.25) is 0 Å². The second-order valence-corrected chi connectivity index (χ2v) is 6.45. The Morgan fingerprint density at radius 1 is 1.59 bits per heavy atom. The summed E-state index contributed by atoms with van der Waals surface area (Å²) in [6, 6.07) is 6.14. The van der Waals surface area contributed by atoms with Gasteiger partial charge in [0.1, 0.15) is 11.9 Å². The maximum atomic E-state index is 13.3. The van der Waals surface area contributed by atoms with Gasteiger partial charge in [0, 0.05) is 18.8 Å². The average Bonchev–Trinajstić information content (AvgIpc) is 2.47. The number of alkyl halides is 2. The van der Waals surface area contributed by atoms with E-state index in [-0.39, 0.29) is 18.5 Å². The van der Waals surface area contributed by atoms with E-state index in [2.05, 4.69) is 0 Å². The van der Waals surface area contributed by atoms with Gasteiger partial charge in [0.25, 0.3) is 0 Å². The number of carbonyl (C=O) groups is 1. The van der Waals surface area contributed by atoms with E-state index in [0.29, 0.717) is 31.0 Å². The molecule has 1 saturated heterocycles. The Kier molecular flexibility index (Phi) is 5.89. The van der Waals surface area contributed by atoms with Crippen LogP contribution in [0.15, 0.2) is 24.3 Å². The number of rotatable bonds is 4. The standard InChI is InChI=1S/C15H18Cl2FNO3/c1-15(17,5-6-16)22-14(20)19-7-8-21-13(10-19)11-3-2-4-12(18)9-11/h2-4,9,13H,5-8,10H2,1H3/t13-,15?/m0/s1. The van der Waals surface area contributed by atoms with E-state index in [1.807, 2.05) is 0 Å². The third kappa shape index (κ3) is 4.73. The summed E-state index contributed by atoms with van der Waals surface area (Å²) >= 11 is 11.7. The van der Waals surface area contributed by atoms with Gasteiger partial charge in [0.15, 0.2) is 5.06 Å². The highest BCUT2D eigenvalue weighted by Crippen LogP contribution is 2.26. The van der Waals surface area contributed by atoms with Crippen molar-refractivity contribution in [2.75, 3.05) is 25.6 Å². The van der Waals surface area contributed by atoms with Gasteiger partial charge < -0.3 is 14.4 Å². The third-order valence-corrected chi connectivity index (χ3v) is 3.84. The van der Waals surface area contributed by atoms with Crippen molar-refractivity contribution < 1.29 is 18.7 Å². The average molecular weight is 350 g/mol. The molecule has 2 atom stereocenters. The lowest BCUT2D eigenvalue weighted by atomic mass is 10.1. The lowest BCUT2D eigenvalue weighted by Crippen LogP contribution is -2.44. The Labute approximate surface area is 139 Å². The van der Waals surface area contributed by atoms with Gasteiger partial charge in [0.05, 0.1) is 13.2 Å². The number of halogens is 3. The van der Waals surface area contributed by atoms with Crippen molar-refractivity contribution in [2.24, 2.45) is 0 Å². The van der Waals surface area contributed by atoms with Crippen LogP contribution in [0, 0.1) is 5.82 Å². The Morgan fingerprint density at radius 2 is 2.36 bits per heavy atom.